The molecule has 3 rings (SSSR count). The molecule has 1 aromatic carbocycles. The maximum atomic E-state index is 13.0. The first-order chi connectivity index (χ1) is 11.4. The Bertz CT molecular complexity index is 1070. The predicted molar refractivity (Wildman–Crippen MR) is 88.1 cm³/mol. The molecule has 0 fully saturated rings. The summed E-state index contributed by atoms with van der Waals surface area (Å²) in [6.45, 7) is 1.85. The van der Waals surface area contributed by atoms with E-state index in [4.69, 9.17) is 5.26 Å². The van der Waals surface area contributed by atoms with E-state index in [-0.39, 0.29) is 16.2 Å². The Morgan fingerprint density at radius 3 is 2.62 bits per heavy atom. The third-order valence-corrected chi connectivity index (χ3v) is 5.32. The molecular formula is C17H13N3O3S. The topological polar surface area (TPSA) is 92.8 Å². The van der Waals surface area contributed by atoms with Crippen molar-refractivity contribution in [1.82, 2.24) is 8.96 Å². The quantitative estimate of drug-likeness (QED) is 0.681. The number of nitrogens with zero attached hydrogens (tertiary/aromatic N) is 3. The van der Waals surface area contributed by atoms with E-state index in [0.29, 0.717) is 5.39 Å². The van der Waals surface area contributed by atoms with Gasteiger partial charge in [-0.15, -0.1) is 0 Å². The molecule has 120 valence electrons. The largest absolute Gasteiger partial charge is 0.291 e. The summed E-state index contributed by atoms with van der Waals surface area (Å²) < 4.78 is 27.0. The zero-order valence-corrected chi connectivity index (χ0v) is 13.6. The molecule has 0 unspecified atom stereocenters. The SMILES string of the molecule is Cc1ccc(S(=O)(=O)n2c(C(=O)CC#N)cc3cccnc32)cc1. The number of carbonyl (C=O) groups is 1. The van der Waals surface area contributed by atoms with Crippen LogP contribution in [0.5, 0.6) is 0 Å². The van der Waals surface area contributed by atoms with Crippen molar-refractivity contribution in [2.24, 2.45) is 0 Å². The van der Waals surface area contributed by atoms with Gasteiger partial charge in [-0.1, -0.05) is 17.7 Å². The summed E-state index contributed by atoms with van der Waals surface area (Å²) in [6.07, 6.45) is 1.06. The summed E-state index contributed by atoms with van der Waals surface area (Å²) in [4.78, 5) is 16.4. The van der Waals surface area contributed by atoms with Crippen LogP contribution >= 0.6 is 0 Å². The number of aryl methyl sites for hydroxylation is 1. The summed E-state index contributed by atoms with van der Waals surface area (Å²) in [7, 11) is -4.01. The van der Waals surface area contributed by atoms with Crippen molar-refractivity contribution < 1.29 is 13.2 Å². The highest BCUT2D eigenvalue weighted by molar-refractivity contribution is 7.90. The van der Waals surface area contributed by atoms with Crippen LogP contribution in [0.2, 0.25) is 0 Å². The number of hydrogen-bond acceptors (Lipinski definition) is 5. The number of Topliss-reactive ketones (excluding diaryl/α,β-unsaturated/α-hetero) is 1. The Kier molecular flexibility index (Phi) is 3.91. The van der Waals surface area contributed by atoms with E-state index in [9.17, 15) is 13.2 Å². The fourth-order valence-electron chi connectivity index (χ4n) is 2.43. The number of hydrogen-bond donors (Lipinski definition) is 0. The Hall–Kier alpha value is -2.98. The molecule has 0 radical (unpaired) electrons. The minimum Gasteiger partial charge on any atom is -0.291 e. The first-order valence-corrected chi connectivity index (χ1v) is 8.58. The summed E-state index contributed by atoms with van der Waals surface area (Å²) in [5.41, 5.74) is 1.02. The van der Waals surface area contributed by atoms with Gasteiger partial charge < -0.3 is 0 Å². The van der Waals surface area contributed by atoms with E-state index < -0.39 is 22.2 Å². The molecule has 0 aliphatic carbocycles. The standard InChI is InChI=1S/C17H13N3O3S/c1-12-4-6-14(7-5-12)24(22,23)20-15(16(21)8-9-18)11-13-3-2-10-19-17(13)20/h2-7,10-11H,8H2,1H3. The number of aromatic nitrogens is 2. The third kappa shape index (κ3) is 2.57. The summed E-state index contributed by atoms with van der Waals surface area (Å²) in [5.74, 6) is -0.564. The number of nitriles is 1. The van der Waals surface area contributed by atoms with Crippen LogP contribution in [0.3, 0.4) is 0 Å². The minimum absolute atomic E-state index is 0.0576. The highest BCUT2D eigenvalue weighted by Crippen LogP contribution is 2.25. The average molecular weight is 339 g/mol. The summed E-state index contributed by atoms with van der Waals surface area (Å²) in [5, 5.41) is 9.29. The maximum absolute atomic E-state index is 13.0. The lowest BCUT2D eigenvalue weighted by Crippen LogP contribution is -2.18. The van der Waals surface area contributed by atoms with Crippen LogP contribution in [0, 0.1) is 18.3 Å². The normalized spacial score (nSPS) is 11.3. The van der Waals surface area contributed by atoms with Crippen molar-refractivity contribution in [3.05, 3.63) is 59.9 Å². The van der Waals surface area contributed by atoms with E-state index in [1.807, 2.05) is 6.92 Å². The van der Waals surface area contributed by atoms with Gasteiger partial charge in [0.1, 0.15) is 12.1 Å². The van der Waals surface area contributed by atoms with E-state index in [1.54, 1.807) is 30.3 Å². The van der Waals surface area contributed by atoms with Gasteiger partial charge in [0.15, 0.2) is 11.4 Å². The van der Waals surface area contributed by atoms with Crippen LogP contribution in [0.1, 0.15) is 22.5 Å². The molecule has 3 aromatic rings. The second-order valence-electron chi connectivity index (χ2n) is 5.29. The van der Waals surface area contributed by atoms with Crippen molar-refractivity contribution in [3.63, 3.8) is 0 Å². The second kappa shape index (κ2) is 5.91. The number of carbonyl (C=O) groups excluding carboxylic acids is 1. The molecule has 0 spiro atoms. The van der Waals surface area contributed by atoms with Gasteiger partial charge in [0.05, 0.1) is 11.0 Å². The first-order valence-electron chi connectivity index (χ1n) is 7.14. The van der Waals surface area contributed by atoms with E-state index in [0.717, 1.165) is 9.54 Å². The lowest BCUT2D eigenvalue weighted by atomic mass is 10.2. The van der Waals surface area contributed by atoms with Crippen LogP contribution in [0.15, 0.2) is 53.6 Å². The first kappa shape index (κ1) is 15.9. The van der Waals surface area contributed by atoms with Gasteiger partial charge in [-0.2, -0.15) is 5.26 Å². The zero-order chi connectivity index (χ0) is 17.3. The number of ketones is 1. The van der Waals surface area contributed by atoms with Gasteiger partial charge in [-0.3, -0.25) is 4.79 Å². The molecule has 0 saturated carbocycles. The molecule has 0 amide bonds. The molecule has 2 heterocycles. The van der Waals surface area contributed by atoms with E-state index >= 15 is 0 Å². The Morgan fingerprint density at radius 1 is 1.25 bits per heavy atom. The van der Waals surface area contributed by atoms with Crippen molar-refractivity contribution in [2.75, 3.05) is 0 Å². The molecule has 0 saturated heterocycles. The molecule has 2 aromatic heterocycles. The smallest absolute Gasteiger partial charge is 0.270 e. The van der Waals surface area contributed by atoms with E-state index in [2.05, 4.69) is 4.98 Å². The van der Waals surface area contributed by atoms with Crippen LogP contribution in [0.4, 0.5) is 0 Å². The van der Waals surface area contributed by atoms with Crippen LogP contribution in [0.25, 0.3) is 11.0 Å². The Balaban J connectivity index is 2.31. The van der Waals surface area contributed by atoms with Crippen molar-refractivity contribution in [2.45, 2.75) is 18.2 Å². The maximum Gasteiger partial charge on any atom is 0.270 e. The minimum atomic E-state index is -4.01. The van der Waals surface area contributed by atoms with Crippen molar-refractivity contribution >= 4 is 26.8 Å². The number of rotatable bonds is 4. The molecule has 0 N–H and O–H groups in total. The Labute approximate surface area is 139 Å². The zero-order valence-electron chi connectivity index (χ0n) is 12.8. The number of fused-ring (bicyclic) bond motifs is 1. The highest BCUT2D eigenvalue weighted by Gasteiger charge is 2.26. The van der Waals surface area contributed by atoms with Crippen LogP contribution in [-0.4, -0.2) is 23.2 Å². The van der Waals surface area contributed by atoms with Gasteiger partial charge in [0, 0.05) is 11.6 Å². The van der Waals surface area contributed by atoms with Gasteiger partial charge >= 0.3 is 0 Å². The number of benzene rings is 1. The third-order valence-electron chi connectivity index (χ3n) is 3.60. The summed E-state index contributed by atoms with van der Waals surface area (Å²) in [6, 6.07) is 12.9. The average Bonchev–Trinajstić information content (AvgIpc) is 2.96. The van der Waals surface area contributed by atoms with Gasteiger partial charge in [0.25, 0.3) is 10.0 Å². The lowest BCUT2D eigenvalue weighted by Gasteiger charge is -2.10. The second-order valence-corrected chi connectivity index (χ2v) is 7.07. The van der Waals surface area contributed by atoms with Gasteiger partial charge in [0.2, 0.25) is 0 Å². The molecule has 0 bridgehead atoms. The molecule has 0 aliphatic heterocycles. The van der Waals surface area contributed by atoms with E-state index in [1.165, 1.54) is 24.4 Å². The predicted octanol–water partition coefficient (Wildman–Crippen LogP) is 2.68. The van der Waals surface area contributed by atoms with Crippen molar-refractivity contribution in [3.8, 4) is 6.07 Å². The molecular weight excluding hydrogens is 326 g/mol. The van der Waals surface area contributed by atoms with Crippen LogP contribution < -0.4 is 0 Å². The monoisotopic (exact) mass is 339 g/mol. The summed E-state index contributed by atoms with van der Waals surface area (Å²) >= 11 is 0. The van der Waals surface area contributed by atoms with Crippen molar-refractivity contribution in [1.29, 1.82) is 5.26 Å². The number of pyridine rings is 1. The molecule has 0 atom stereocenters. The molecule has 0 aliphatic rings. The fourth-order valence-corrected chi connectivity index (χ4v) is 3.91. The van der Waals surface area contributed by atoms with Gasteiger partial charge in [-0.05, 0) is 37.3 Å². The highest BCUT2D eigenvalue weighted by atomic mass is 32.2. The molecule has 6 nitrogen and oxygen atoms in total. The fraction of sp³-hybridized carbons (Fsp3) is 0.118. The lowest BCUT2D eigenvalue weighted by molar-refractivity contribution is 0.0992. The molecule has 24 heavy (non-hydrogen) atoms. The molecule has 7 heteroatoms. The Morgan fingerprint density at radius 2 is 1.96 bits per heavy atom. The van der Waals surface area contributed by atoms with Gasteiger partial charge in [-0.25, -0.2) is 17.4 Å². The van der Waals surface area contributed by atoms with Crippen LogP contribution in [-0.2, 0) is 10.0 Å².